The Morgan fingerprint density at radius 1 is 1.25 bits per heavy atom. The van der Waals surface area contributed by atoms with Crippen molar-refractivity contribution in [3.8, 4) is 0 Å². The van der Waals surface area contributed by atoms with Crippen molar-refractivity contribution in [2.24, 2.45) is 11.8 Å². The summed E-state index contributed by atoms with van der Waals surface area (Å²) in [7, 11) is 0. The van der Waals surface area contributed by atoms with Crippen molar-refractivity contribution in [3.05, 3.63) is 12.2 Å². The number of amides is 1. The predicted octanol–water partition coefficient (Wildman–Crippen LogP) is 2.45. The lowest BCUT2D eigenvalue weighted by molar-refractivity contribution is -0.147. The summed E-state index contributed by atoms with van der Waals surface area (Å²) in [6.45, 7) is 0.666. The third kappa shape index (κ3) is 3.37. The molecule has 0 aromatic rings. The Morgan fingerprint density at radius 2 is 1.85 bits per heavy atom. The van der Waals surface area contributed by atoms with Crippen LogP contribution in [0, 0.1) is 11.8 Å². The van der Waals surface area contributed by atoms with Crippen molar-refractivity contribution in [3.63, 3.8) is 0 Å². The molecule has 20 heavy (non-hydrogen) atoms. The highest BCUT2D eigenvalue weighted by Crippen LogP contribution is 2.39. The van der Waals surface area contributed by atoms with Gasteiger partial charge in [-0.1, -0.05) is 25.0 Å². The fraction of sp³-hybridized carbons (Fsp3) is 0.733. The van der Waals surface area contributed by atoms with Gasteiger partial charge in [0.25, 0.3) is 0 Å². The minimum atomic E-state index is -0.866. The highest BCUT2D eigenvalue weighted by atomic mass is 32.2. The summed E-state index contributed by atoms with van der Waals surface area (Å²) in [5.41, 5.74) is 0. The van der Waals surface area contributed by atoms with Crippen molar-refractivity contribution in [1.29, 1.82) is 0 Å². The molecule has 0 radical (unpaired) electrons. The molecule has 2 rings (SSSR count). The van der Waals surface area contributed by atoms with E-state index in [2.05, 4.69) is 11.6 Å². The molecular formula is C15H23NO3S. The van der Waals surface area contributed by atoms with Crippen molar-refractivity contribution < 1.29 is 14.7 Å². The third-order valence-electron chi connectivity index (χ3n) is 4.62. The molecule has 2 unspecified atom stereocenters. The summed E-state index contributed by atoms with van der Waals surface area (Å²) in [6, 6.07) is 0. The SMILES string of the molecule is CSC1(CNC(=O)C2CC=CCC2C(=O)O)CCCC1. The maximum absolute atomic E-state index is 12.3. The van der Waals surface area contributed by atoms with E-state index in [9.17, 15) is 14.7 Å². The lowest BCUT2D eigenvalue weighted by Crippen LogP contribution is -2.44. The Balaban J connectivity index is 1.93. The van der Waals surface area contributed by atoms with Gasteiger partial charge in [0.1, 0.15) is 0 Å². The average Bonchev–Trinajstić information content (AvgIpc) is 2.94. The molecule has 1 saturated carbocycles. The first kappa shape index (κ1) is 15.4. The molecule has 0 heterocycles. The number of carbonyl (C=O) groups excluding carboxylic acids is 1. The quantitative estimate of drug-likeness (QED) is 0.765. The van der Waals surface area contributed by atoms with Crippen LogP contribution in [0.15, 0.2) is 12.2 Å². The monoisotopic (exact) mass is 297 g/mol. The second kappa shape index (κ2) is 6.66. The maximum Gasteiger partial charge on any atom is 0.307 e. The van der Waals surface area contributed by atoms with Crippen LogP contribution in [0.25, 0.3) is 0 Å². The van der Waals surface area contributed by atoms with Gasteiger partial charge in [-0.05, 0) is 31.9 Å². The van der Waals surface area contributed by atoms with E-state index in [0.717, 1.165) is 12.8 Å². The molecule has 0 saturated heterocycles. The second-order valence-corrected chi connectivity index (χ2v) is 7.08. The predicted molar refractivity (Wildman–Crippen MR) is 80.7 cm³/mol. The van der Waals surface area contributed by atoms with E-state index in [1.54, 1.807) is 0 Å². The lowest BCUT2D eigenvalue weighted by Gasteiger charge is -2.29. The molecular weight excluding hydrogens is 274 g/mol. The summed E-state index contributed by atoms with van der Waals surface area (Å²) in [6.07, 6.45) is 11.6. The Labute approximate surface area is 124 Å². The highest BCUT2D eigenvalue weighted by Gasteiger charge is 2.37. The van der Waals surface area contributed by atoms with Gasteiger partial charge in [0.2, 0.25) is 5.91 Å². The molecule has 1 amide bonds. The number of carbonyl (C=O) groups is 2. The van der Waals surface area contributed by atoms with Gasteiger partial charge >= 0.3 is 5.97 Å². The van der Waals surface area contributed by atoms with Crippen LogP contribution in [-0.2, 0) is 9.59 Å². The van der Waals surface area contributed by atoms with Gasteiger partial charge < -0.3 is 10.4 Å². The van der Waals surface area contributed by atoms with Crippen LogP contribution in [0.3, 0.4) is 0 Å². The Bertz CT molecular complexity index is 402. The minimum absolute atomic E-state index is 0.0953. The van der Waals surface area contributed by atoms with Crippen LogP contribution in [0.4, 0.5) is 0 Å². The molecule has 5 heteroatoms. The fourth-order valence-electron chi connectivity index (χ4n) is 3.23. The van der Waals surface area contributed by atoms with E-state index < -0.39 is 17.8 Å². The van der Waals surface area contributed by atoms with Crippen LogP contribution in [0.5, 0.6) is 0 Å². The number of carboxylic acid groups (broad SMARTS) is 1. The minimum Gasteiger partial charge on any atom is -0.481 e. The number of hydrogen-bond donors (Lipinski definition) is 2. The average molecular weight is 297 g/mol. The van der Waals surface area contributed by atoms with Crippen LogP contribution in [0.2, 0.25) is 0 Å². The van der Waals surface area contributed by atoms with Gasteiger partial charge in [0.15, 0.2) is 0 Å². The van der Waals surface area contributed by atoms with Gasteiger partial charge in [-0.15, -0.1) is 0 Å². The molecule has 112 valence electrons. The van der Waals surface area contributed by atoms with Crippen molar-refractivity contribution >= 4 is 23.6 Å². The van der Waals surface area contributed by atoms with Crippen LogP contribution >= 0.6 is 11.8 Å². The first-order valence-electron chi connectivity index (χ1n) is 7.29. The summed E-state index contributed by atoms with van der Waals surface area (Å²) in [5, 5.41) is 12.2. The number of nitrogens with one attached hydrogen (secondary N) is 1. The Hall–Kier alpha value is -0.970. The molecule has 1 fully saturated rings. The van der Waals surface area contributed by atoms with Crippen molar-refractivity contribution in [1.82, 2.24) is 5.32 Å². The van der Waals surface area contributed by atoms with Crippen molar-refractivity contribution in [2.75, 3.05) is 12.8 Å². The topological polar surface area (TPSA) is 66.4 Å². The van der Waals surface area contributed by atoms with E-state index in [1.807, 2.05) is 23.9 Å². The van der Waals surface area contributed by atoms with Gasteiger partial charge in [-0.25, -0.2) is 0 Å². The van der Waals surface area contributed by atoms with E-state index in [0.29, 0.717) is 19.4 Å². The van der Waals surface area contributed by atoms with E-state index in [4.69, 9.17) is 0 Å². The Morgan fingerprint density at radius 3 is 2.40 bits per heavy atom. The number of carboxylic acids is 1. The number of hydrogen-bond acceptors (Lipinski definition) is 3. The molecule has 0 bridgehead atoms. The smallest absolute Gasteiger partial charge is 0.307 e. The summed E-state index contributed by atoms with van der Waals surface area (Å²) in [5.74, 6) is -1.95. The normalized spacial score (nSPS) is 28.2. The van der Waals surface area contributed by atoms with Gasteiger partial charge in [-0.2, -0.15) is 11.8 Å². The van der Waals surface area contributed by atoms with Crippen LogP contribution in [-0.4, -0.2) is 34.5 Å². The van der Waals surface area contributed by atoms with Gasteiger partial charge in [-0.3, -0.25) is 9.59 Å². The van der Waals surface area contributed by atoms with Crippen molar-refractivity contribution in [2.45, 2.75) is 43.3 Å². The lowest BCUT2D eigenvalue weighted by atomic mass is 9.82. The molecule has 2 N–H and O–H groups in total. The number of rotatable bonds is 5. The molecule has 2 aliphatic carbocycles. The van der Waals surface area contributed by atoms with E-state index >= 15 is 0 Å². The first-order valence-corrected chi connectivity index (χ1v) is 8.51. The summed E-state index contributed by atoms with van der Waals surface area (Å²) < 4.78 is 0.166. The summed E-state index contributed by atoms with van der Waals surface area (Å²) in [4.78, 5) is 23.5. The second-order valence-electron chi connectivity index (χ2n) is 5.81. The fourth-order valence-corrected chi connectivity index (χ4v) is 4.14. The van der Waals surface area contributed by atoms with Gasteiger partial charge in [0.05, 0.1) is 11.8 Å². The molecule has 2 atom stereocenters. The highest BCUT2D eigenvalue weighted by molar-refractivity contribution is 8.00. The standard InChI is InChI=1S/C15H23NO3S/c1-20-15(8-4-5-9-15)10-16-13(17)11-6-2-3-7-12(11)14(18)19/h2-3,11-12H,4-10H2,1H3,(H,16,17)(H,18,19). The summed E-state index contributed by atoms with van der Waals surface area (Å²) >= 11 is 1.83. The molecule has 2 aliphatic rings. The zero-order valence-electron chi connectivity index (χ0n) is 11.9. The molecule has 0 aromatic carbocycles. The van der Waals surface area contributed by atoms with E-state index in [1.165, 1.54) is 12.8 Å². The number of aliphatic carboxylic acids is 1. The largest absolute Gasteiger partial charge is 0.481 e. The van der Waals surface area contributed by atoms with Crippen LogP contribution < -0.4 is 5.32 Å². The Kier molecular flexibility index (Phi) is 5.13. The number of allylic oxidation sites excluding steroid dienone is 2. The molecule has 0 spiro atoms. The zero-order valence-corrected chi connectivity index (χ0v) is 12.7. The third-order valence-corrected chi connectivity index (χ3v) is 6.04. The first-order chi connectivity index (χ1) is 9.58. The molecule has 0 aliphatic heterocycles. The molecule has 0 aromatic heterocycles. The number of thioether (sulfide) groups is 1. The van der Waals surface area contributed by atoms with Crippen LogP contribution in [0.1, 0.15) is 38.5 Å². The zero-order chi connectivity index (χ0) is 14.6. The maximum atomic E-state index is 12.3. The van der Waals surface area contributed by atoms with Gasteiger partial charge in [0, 0.05) is 11.3 Å². The van der Waals surface area contributed by atoms with E-state index in [-0.39, 0.29) is 10.7 Å². The molecule has 4 nitrogen and oxygen atoms in total.